The topological polar surface area (TPSA) is 29.3 Å². The van der Waals surface area contributed by atoms with Gasteiger partial charge in [-0.3, -0.25) is 0 Å². The van der Waals surface area contributed by atoms with Gasteiger partial charge in [0, 0.05) is 18.6 Å². The predicted octanol–water partition coefficient (Wildman–Crippen LogP) is 4.25. The van der Waals surface area contributed by atoms with Crippen LogP contribution in [0.3, 0.4) is 0 Å². The van der Waals surface area contributed by atoms with Crippen molar-refractivity contribution in [3.63, 3.8) is 0 Å². The molecule has 2 atom stereocenters. The van der Waals surface area contributed by atoms with Gasteiger partial charge in [-0.1, -0.05) is 32.4 Å². The summed E-state index contributed by atoms with van der Waals surface area (Å²) in [5.74, 6) is -0.161. The first kappa shape index (κ1) is 16.0. The number of para-hydroxylation sites is 1. The van der Waals surface area contributed by atoms with E-state index in [1.807, 2.05) is 13.0 Å². The molecular formula is C16H27FN2. The van der Waals surface area contributed by atoms with Crippen molar-refractivity contribution in [2.45, 2.75) is 59.0 Å². The summed E-state index contributed by atoms with van der Waals surface area (Å²) in [4.78, 5) is 2.18. The summed E-state index contributed by atoms with van der Waals surface area (Å²) >= 11 is 0. The van der Waals surface area contributed by atoms with Gasteiger partial charge in [0.2, 0.25) is 0 Å². The number of nitrogens with zero attached hydrogens (tertiary/aromatic N) is 1. The molecule has 0 saturated heterocycles. The fourth-order valence-electron chi connectivity index (χ4n) is 2.30. The highest BCUT2D eigenvalue weighted by Gasteiger charge is 2.21. The molecule has 0 fully saturated rings. The van der Waals surface area contributed by atoms with E-state index in [9.17, 15) is 4.39 Å². The van der Waals surface area contributed by atoms with Crippen LogP contribution >= 0.6 is 0 Å². The maximum Gasteiger partial charge on any atom is 0.146 e. The number of nitrogens with two attached hydrogens (primary N) is 1. The van der Waals surface area contributed by atoms with Crippen LogP contribution in [0.15, 0.2) is 18.2 Å². The molecule has 0 amide bonds. The van der Waals surface area contributed by atoms with Crippen LogP contribution in [0, 0.1) is 5.82 Å². The number of halogens is 1. The lowest BCUT2D eigenvalue weighted by atomic mass is 10.0. The Morgan fingerprint density at radius 2 is 1.95 bits per heavy atom. The minimum atomic E-state index is -0.161. The Kier molecular flexibility index (Phi) is 6.29. The van der Waals surface area contributed by atoms with Gasteiger partial charge in [0.25, 0.3) is 0 Å². The molecule has 1 unspecified atom stereocenters. The van der Waals surface area contributed by atoms with E-state index in [-0.39, 0.29) is 11.9 Å². The Morgan fingerprint density at radius 1 is 1.26 bits per heavy atom. The molecule has 1 aromatic rings. The molecule has 0 radical (unpaired) electrons. The van der Waals surface area contributed by atoms with Gasteiger partial charge in [0.15, 0.2) is 0 Å². The van der Waals surface area contributed by atoms with Gasteiger partial charge in [-0.05, 0) is 38.3 Å². The molecule has 0 aliphatic rings. The highest BCUT2D eigenvalue weighted by Crippen LogP contribution is 2.30. The Balaban J connectivity index is 3.20. The van der Waals surface area contributed by atoms with Crippen molar-refractivity contribution in [3.05, 3.63) is 29.6 Å². The summed E-state index contributed by atoms with van der Waals surface area (Å²) in [6.07, 6.45) is 3.17. The molecule has 1 aromatic carbocycles. The van der Waals surface area contributed by atoms with Gasteiger partial charge in [-0.2, -0.15) is 0 Å². The lowest BCUT2D eigenvalue weighted by Gasteiger charge is -2.33. The van der Waals surface area contributed by atoms with Crippen LogP contribution in [-0.4, -0.2) is 12.6 Å². The second-order valence-corrected chi connectivity index (χ2v) is 5.27. The number of benzene rings is 1. The monoisotopic (exact) mass is 266 g/mol. The van der Waals surface area contributed by atoms with Crippen molar-refractivity contribution in [1.29, 1.82) is 0 Å². The first-order valence-corrected chi connectivity index (χ1v) is 7.33. The molecule has 0 aromatic heterocycles. The van der Waals surface area contributed by atoms with E-state index in [0.29, 0.717) is 11.7 Å². The standard InChI is InChI=1S/C16H27FN2/c1-5-7-11-19(12(3)6-2)16-14(13(4)18)9-8-10-15(16)17/h8-10,12-13H,5-7,11,18H2,1-4H3/t12?,13-/m0/s1. The molecule has 1 rings (SSSR count). The van der Waals surface area contributed by atoms with Gasteiger partial charge >= 0.3 is 0 Å². The van der Waals surface area contributed by atoms with Crippen LogP contribution in [0.4, 0.5) is 10.1 Å². The maximum absolute atomic E-state index is 14.3. The van der Waals surface area contributed by atoms with Crippen molar-refractivity contribution in [1.82, 2.24) is 0 Å². The summed E-state index contributed by atoms with van der Waals surface area (Å²) in [7, 11) is 0. The maximum atomic E-state index is 14.3. The zero-order valence-corrected chi connectivity index (χ0v) is 12.6. The average molecular weight is 266 g/mol. The van der Waals surface area contributed by atoms with Crippen LogP contribution < -0.4 is 10.6 Å². The Labute approximate surface area is 116 Å². The highest BCUT2D eigenvalue weighted by atomic mass is 19.1. The van der Waals surface area contributed by atoms with Gasteiger partial charge in [0.05, 0.1) is 5.69 Å². The minimum Gasteiger partial charge on any atom is -0.366 e. The number of rotatable bonds is 7. The molecule has 0 aliphatic heterocycles. The van der Waals surface area contributed by atoms with Crippen molar-refractivity contribution in [2.24, 2.45) is 5.73 Å². The van der Waals surface area contributed by atoms with E-state index in [1.54, 1.807) is 6.07 Å². The van der Waals surface area contributed by atoms with E-state index in [0.717, 1.165) is 31.4 Å². The van der Waals surface area contributed by atoms with E-state index in [1.165, 1.54) is 6.07 Å². The van der Waals surface area contributed by atoms with Gasteiger partial charge < -0.3 is 10.6 Å². The third-order valence-corrected chi connectivity index (χ3v) is 3.67. The molecule has 0 bridgehead atoms. The predicted molar refractivity (Wildman–Crippen MR) is 81.0 cm³/mol. The lowest BCUT2D eigenvalue weighted by Crippen LogP contribution is -2.35. The number of hydrogen-bond donors (Lipinski definition) is 1. The molecule has 108 valence electrons. The third-order valence-electron chi connectivity index (χ3n) is 3.67. The van der Waals surface area contributed by atoms with E-state index >= 15 is 0 Å². The van der Waals surface area contributed by atoms with E-state index < -0.39 is 0 Å². The fraction of sp³-hybridized carbons (Fsp3) is 0.625. The molecule has 0 aliphatic carbocycles. The quantitative estimate of drug-likeness (QED) is 0.799. The van der Waals surface area contributed by atoms with Crippen LogP contribution in [0.5, 0.6) is 0 Å². The zero-order valence-electron chi connectivity index (χ0n) is 12.6. The van der Waals surface area contributed by atoms with Crippen LogP contribution in [-0.2, 0) is 0 Å². The number of unbranched alkanes of at least 4 members (excludes halogenated alkanes) is 1. The number of anilines is 1. The molecule has 0 heterocycles. The zero-order chi connectivity index (χ0) is 14.4. The lowest BCUT2D eigenvalue weighted by molar-refractivity contribution is 0.558. The smallest absolute Gasteiger partial charge is 0.146 e. The van der Waals surface area contributed by atoms with Crippen LogP contribution in [0.2, 0.25) is 0 Å². The normalized spacial score (nSPS) is 14.2. The van der Waals surface area contributed by atoms with E-state index in [4.69, 9.17) is 5.73 Å². The molecule has 0 saturated carbocycles. The molecule has 0 spiro atoms. The summed E-state index contributed by atoms with van der Waals surface area (Å²) in [5, 5.41) is 0. The SMILES string of the molecule is CCCCN(c1c(F)cccc1[C@H](C)N)C(C)CC. The fourth-order valence-corrected chi connectivity index (χ4v) is 2.30. The molecule has 19 heavy (non-hydrogen) atoms. The Bertz CT molecular complexity index is 390. The second-order valence-electron chi connectivity index (χ2n) is 5.27. The Morgan fingerprint density at radius 3 is 2.47 bits per heavy atom. The molecule has 3 heteroatoms. The molecular weight excluding hydrogens is 239 g/mol. The molecule has 2 N–H and O–H groups in total. The molecule has 2 nitrogen and oxygen atoms in total. The van der Waals surface area contributed by atoms with Gasteiger partial charge in [0.1, 0.15) is 5.82 Å². The van der Waals surface area contributed by atoms with E-state index in [2.05, 4.69) is 25.7 Å². The van der Waals surface area contributed by atoms with Crippen molar-refractivity contribution in [3.8, 4) is 0 Å². The summed E-state index contributed by atoms with van der Waals surface area (Å²) in [6.45, 7) is 9.23. The summed E-state index contributed by atoms with van der Waals surface area (Å²) in [6, 6.07) is 5.37. The van der Waals surface area contributed by atoms with Crippen molar-refractivity contribution >= 4 is 5.69 Å². The summed E-state index contributed by atoms with van der Waals surface area (Å²) < 4.78 is 14.3. The van der Waals surface area contributed by atoms with Crippen molar-refractivity contribution in [2.75, 3.05) is 11.4 Å². The average Bonchev–Trinajstić information content (AvgIpc) is 2.39. The first-order valence-electron chi connectivity index (χ1n) is 7.33. The largest absolute Gasteiger partial charge is 0.366 e. The first-order chi connectivity index (χ1) is 9.02. The highest BCUT2D eigenvalue weighted by molar-refractivity contribution is 5.56. The van der Waals surface area contributed by atoms with Crippen molar-refractivity contribution < 1.29 is 4.39 Å². The van der Waals surface area contributed by atoms with Crippen LogP contribution in [0.1, 0.15) is 58.6 Å². The third kappa shape index (κ3) is 3.93. The summed E-state index contributed by atoms with van der Waals surface area (Å²) in [5.41, 5.74) is 7.59. The number of hydrogen-bond acceptors (Lipinski definition) is 2. The Hall–Kier alpha value is -1.09. The van der Waals surface area contributed by atoms with Gasteiger partial charge in [-0.25, -0.2) is 4.39 Å². The second kappa shape index (κ2) is 7.49. The minimum absolute atomic E-state index is 0.154. The van der Waals surface area contributed by atoms with Gasteiger partial charge in [-0.15, -0.1) is 0 Å². The van der Waals surface area contributed by atoms with Crippen LogP contribution in [0.25, 0.3) is 0 Å².